The van der Waals surface area contributed by atoms with Crippen LogP contribution >= 0.6 is 0 Å². The van der Waals surface area contributed by atoms with Gasteiger partial charge in [-0.15, -0.1) is 0 Å². The third-order valence-electron chi connectivity index (χ3n) is 5.82. The number of halogens is 3. The lowest BCUT2D eigenvalue weighted by Gasteiger charge is -2.12. The number of fused-ring (bicyclic) bond motifs is 2. The summed E-state index contributed by atoms with van der Waals surface area (Å²) in [5, 5.41) is 12.5. The van der Waals surface area contributed by atoms with E-state index in [0.29, 0.717) is 5.56 Å². The van der Waals surface area contributed by atoms with Gasteiger partial charge in [0.2, 0.25) is 0 Å². The van der Waals surface area contributed by atoms with Crippen LogP contribution in [0.1, 0.15) is 23.1 Å². The molecule has 0 atom stereocenters. The molecule has 5 rings (SSSR count). The minimum atomic E-state index is -4.62. The van der Waals surface area contributed by atoms with Crippen molar-refractivity contribution in [2.75, 3.05) is 6.61 Å². The molecule has 0 bridgehead atoms. The number of nitrogens with zero attached hydrogens (tertiary/aromatic N) is 1. The van der Waals surface area contributed by atoms with Crippen molar-refractivity contribution in [3.8, 4) is 0 Å². The van der Waals surface area contributed by atoms with Crippen LogP contribution in [0, 0.1) is 0 Å². The molecule has 0 radical (unpaired) electrons. The second-order valence-electron chi connectivity index (χ2n) is 7.79. The van der Waals surface area contributed by atoms with Crippen molar-refractivity contribution in [2.45, 2.75) is 19.1 Å². The lowest BCUT2D eigenvalue weighted by atomic mass is 9.95. The summed E-state index contributed by atoms with van der Waals surface area (Å²) in [7, 11) is 0. The standard InChI is InChI=1S/C24H18F3N3O3/c25-24(26,27)17-7-3-6-14-16(12-30(21(14)17)9-4-10-31)20-19(22(32)29-23(20)33)15-11-28-18-8-2-1-5-13(15)18/h1-3,5-8,11-12,28,31H,4,9-10H2,(H,29,32,33). The zero-order valence-electron chi connectivity index (χ0n) is 17.2. The number of aliphatic hydroxyl groups is 1. The van der Waals surface area contributed by atoms with Crippen LogP contribution in [0.5, 0.6) is 0 Å². The smallest absolute Gasteiger partial charge is 0.396 e. The number of aliphatic hydroxyl groups excluding tert-OH is 1. The summed E-state index contributed by atoms with van der Waals surface area (Å²) in [6.45, 7) is -0.0865. The molecule has 2 amide bonds. The van der Waals surface area contributed by atoms with Crippen LogP contribution in [0.4, 0.5) is 13.2 Å². The Morgan fingerprint density at radius 1 is 0.909 bits per heavy atom. The number of aromatic nitrogens is 2. The van der Waals surface area contributed by atoms with Gasteiger partial charge in [-0.2, -0.15) is 13.2 Å². The molecule has 3 heterocycles. The van der Waals surface area contributed by atoms with Gasteiger partial charge in [0.15, 0.2) is 0 Å². The molecule has 168 valence electrons. The van der Waals surface area contributed by atoms with Gasteiger partial charge in [0.25, 0.3) is 11.8 Å². The predicted octanol–water partition coefficient (Wildman–Crippen LogP) is 4.09. The summed E-state index contributed by atoms with van der Waals surface area (Å²) in [6, 6.07) is 11.0. The first-order valence-electron chi connectivity index (χ1n) is 10.3. The molecule has 6 nitrogen and oxygen atoms in total. The maximum absolute atomic E-state index is 13.8. The first-order valence-corrected chi connectivity index (χ1v) is 10.3. The van der Waals surface area contributed by atoms with Gasteiger partial charge in [0.1, 0.15) is 0 Å². The molecular formula is C24H18F3N3O3. The Balaban J connectivity index is 1.83. The molecular weight excluding hydrogens is 435 g/mol. The minimum Gasteiger partial charge on any atom is -0.396 e. The summed E-state index contributed by atoms with van der Waals surface area (Å²) in [6.07, 6.45) is -1.31. The van der Waals surface area contributed by atoms with E-state index in [4.69, 9.17) is 0 Å². The summed E-state index contributed by atoms with van der Waals surface area (Å²) in [4.78, 5) is 28.8. The highest BCUT2D eigenvalue weighted by atomic mass is 19.4. The molecule has 0 fully saturated rings. The number of para-hydroxylation sites is 2. The summed E-state index contributed by atoms with van der Waals surface area (Å²) >= 11 is 0. The monoisotopic (exact) mass is 453 g/mol. The molecule has 2 aromatic carbocycles. The van der Waals surface area contributed by atoms with Crippen LogP contribution in [0.2, 0.25) is 0 Å². The van der Waals surface area contributed by atoms with Crippen molar-refractivity contribution in [2.24, 2.45) is 0 Å². The molecule has 9 heteroatoms. The lowest BCUT2D eigenvalue weighted by Crippen LogP contribution is -2.22. The Morgan fingerprint density at radius 3 is 2.33 bits per heavy atom. The highest BCUT2D eigenvalue weighted by Crippen LogP contribution is 2.41. The van der Waals surface area contributed by atoms with Crippen molar-refractivity contribution in [3.63, 3.8) is 0 Å². The van der Waals surface area contributed by atoms with Gasteiger partial charge in [0, 0.05) is 53.0 Å². The van der Waals surface area contributed by atoms with E-state index in [1.165, 1.54) is 22.9 Å². The molecule has 1 aliphatic rings. The van der Waals surface area contributed by atoms with Gasteiger partial charge in [-0.05, 0) is 18.6 Å². The van der Waals surface area contributed by atoms with Crippen LogP contribution in [0.3, 0.4) is 0 Å². The Kier molecular flexibility index (Phi) is 4.86. The Morgan fingerprint density at radius 2 is 1.61 bits per heavy atom. The van der Waals surface area contributed by atoms with E-state index in [-0.39, 0.29) is 47.2 Å². The molecule has 33 heavy (non-hydrogen) atoms. The van der Waals surface area contributed by atoms with Gasteiger partial charge in [0.05, 0.1) is 22.2 Å². The number of amides is 2. The minimum absolute atomic E-state index is 0.0248. The topological polar surface area (TPSA) is 87.1 Å². The number of aromatic amines is 1. The first-order chi connectivity index (χ1) is 15.8. The summed E-state index contributed by atoms with van der Waals surface area (Å²) in [5.74, 6) is -1.28. The molecule has 0 unspecified atom stereocenters. The molecule has 0 aliphatic carbocycles. The van der Waals surface area contributed by atoms with E-state index in [0.717, 1.165) is 17.0 Å². The van der Waals surface area contributed by atoms with Gasteiger partial charge < -0.3 is 14.7 Å². The van der Waals surface area contributed by atoms with Crippen molar-refractivity contribution in [3.05, 3.63) is 71.5 Å². The second kappa shape index (κ2) is 7.63. The van der Waals surface area contributed by atoms with Crippen molar-refractivity contribution in [1.82, 2.24) is 14.9 Å². The molecule has 4 aromatic rings. The van der Waals surface area contributed by atoms with Crippen LogP contribution in [0.15, 0.2) is 54.9 Å². The van der Waals surface area contributed by atoms with E-state index >= 15 is 0 Å². The number of hydrogen-bond acceptors (Lipinski definition) is 3. The normalized spacial score (nSPS) is 14.7. The first kappa shape index (κ1) is 21.0. The Labute approximate surface area is 185 Å². The maximum Gasteiger partial charge on any atom is 0.418 e. The van der Waals surface area contributed by atoms with E-state index in [1.54, 1.807) is 18.3 Å². The number of imide groups is 1. The van der Waals surface area contributed by atoms with E-state index in [1.807, 2.05) is 12.1 Å². The third-order valence-corrected chi connectivity index (χ3v) is 5.82. The number of nitrogens with one attached hydrogen (secondary N) is 2. The largest absolute Gasteiger partial charge is 0.418 e. The zero-order chi connectivity index (χ0) is 23.3. The molecule has 1 aliphatic heterocycles. The van der Waals surface area contributed by atoms with Crippen molar-refractivity contribution >= 4 is 44.8 Å². The highest BCUT2D eigenvalue weighted by Gasteiger charge is 2.38. The van der Waals surface area contributed by atoms with Gasteiger partial charge >= 0.3 is 6.18 Å². The van der Waals surface area contributed by atoms with Crippen molar-refractivity contribution in [1.29, 1.82) is 0 Å². The molecule has 0 saturated carbocycles. The number of H-pyrrole nitrogens is 1. The zero-order valence-corrected chi connectivity index (χ0v) is 17.2. The molecule has 0 spiro atoms. The number of carbonyl (C=O) groups excluding carboxylic acids is 2. The van der Waals surface area contributed by atoms with E-state index in [9.17, 15) is 27.9 Å². The van der Waals surface area contributed by atoms with Crippen LogP contribution in [-0.4, -0.2) is 33.1 Å². The number of benzene rings is 2. The number of rotatable bonds is 5. The fourth-order valence-electron chi connectivity index (χ4n) is 4.45. The fraction of sp³-hybridized carbons (Fsp3) is 0.167. The van der Waals surface area contributed by atoms with Crippen LogP contribution in [0.25, 0.3) is 33.0 Å². The van der Waals surface area contributed by atoms with Gasteiger partial charge in [-0.1, -0.05) is 30.3 Å². The quantitative estimate of drug-likeness (QED) is 0.398. The number of aryl methyl sites for hydroxylation is 1. The SMILES string of the molecule is O=C1NC(=O)C(c2cn(CCCO)c3c(C(F)(F)F)cccc23)=C1c1c[nH]c2ccccc12. The highest BCUT2D eigenvalue weighted by molar-refractivity contribution is 6.50. The second-order valence-corrected chi connectivity index (χ2v) is 7.79. The van der Waals surface area contributed by atoms with Gasteiger partial charge in [-0.3, -0.25) is 14.9 Å². The lowest BCUT2D eigenvalue weighted by molar-refractivity contribution is -0.136. The number of alkyl halides is 3. The predicted molar refractivity (Wildman–Crippen MR) is 117 cm³/mol. The molecule has 0 saturated heterocycles. The number of carbonyl (C=O) groups is 2. The summed E-state index contributed by atoms with van der Waals surface area (Å²) < 4.78 is 42.8. The van der Waals surface area contributed by atoms with Crippen LogP contribution in [-0.2, 0) is 22.3 Å². The van der Waals surface area contributed by atoms with Crippen molar-refractivity contribution < 1.29 is 27.9 Å². The van der Waals surface area contributed by atoms with Crippen LogP contribution < -0.4 is 5.32 Å². The average Bonchev–Trinajstić information content (AvgIpc) is 3.44. The average molecular weight is 453 g/mol. The fourth-order valence-corrected chi connectivity index (χ4v) is 4.45. The molecule has 2 aromatic heterocycles. The van der Waals surface area contributed by atoms with E-state index in [2.05, 4.69) is 10.3 Å². The Hall–Kier alpha value is -3.85. The van der Waals surface area contributed by atoms with Gasteiger partial charge in [-0.25, -0.2) is 0 Å². The third kappa shape index (κ3) is 3.32. The molecule has 3 N–H and O–H groups in total. The number of hydrogen-bond donors (Lipinski definition) is 3. The Bertz CT molecular complexity index is 1460. The van der Waals surface area contributed by atoms with E-state index < -0.39 is 23.6 Å². The summed E-state index contributed by atoms with van der Waals surface area (Å²) in [5.41, 5.74) is 0.684. The maximum atomic E-state index is 13.8.